The van der Waals surface area contributed by atoms with Gasteiger partial charge >= 0.3 is 0 Å². The Balaban J connectivity index is 1.74. The Morgan fingerprint density at radius 2 is 1.44 bits per heavy atom. The summed E-state index contributed by atoms with van der Waals surface area (Å²) in [4.78, 5) is 24.9. The molecule has 0 saturated heterocycles. The highest BCUT2D eigenvalue weighted by molar-refractivity contribution is 6.33. The molecule has 0 aliphatic carbocycles. The molecule has 0 unspecified atom stereocenters. The monoisotopic (exact) mass is 375 g/mol. The predicted octanol–water partition coefficient (Wildman–Crippen LogP) is 4.72. The van der Waals surface area contributed by atoms with Crippen LogP contribution in [0.5, 0.6) is 0 Å². The van der Waals surface area contributed by atoms with E-state index < -0.39 is 0 Å². The average Bonchev–Trinajstić information content (AvgIpc) is 2.70. The van der Waals surface area contributed by atoms with E-state index in [1.807, 2.05) is 6.07 Å². The second-order valence-corrected chi connectivity index (χ2v) is 6.07. The Morgan fingerprint density at radius 3 is 2.07 bits per heavy atom. The number of halogens is 1. The van der Waals surface area contributed by atoms with Crippen LogP contribution in [0, 0.1) is 11.3 Å². The molecule has 0 fully saturated rings. The van der Waals surface area contributed by atoms with Gasteiger partial charge in [0.2, 0.25) is 0 Å². The summed E-state index contributed by atoms with van der Waals surface area (Å²) in [5.41, 5.74) is 2.24. The van der Waals surface area contributed by atoms with Crippen LogP contribution in [0.4, 0.5) is 11.4 Å². The van der Waals surface area contributed by atoms with Crippen LogP contribution in [0.15, 0.2) is 72.8 Å². The number of carbonyl (C=O) groups excluding carboxylic acids is 2. The van der Waals surface area contributed by atoms with E-state index in [0.717, 1.165) is 0 Å². The van der Waals surface area contributed by atoms with E-state index in [-0.39, 0.29) is 11.8 Å². The minimum Gasteiger partial charge on any atom is -0.322 e. The fourth-order valence-electron chi connectivity index (χ4n) is 2.39. The van der Waals surface area contributed by atoms with Gasteiger partial charge < -0.3 is 10.6 Å². The van der Waals surface area contributed by atoms with Crippen molar-refractivity contribution >= 4 is 34.8 Å². The number of benzene rings is 3. The van der Waals surface area contributed by atoms with Gasteiger partial charge in [0.25, 0.3) is 11.8 Å². The van der Waals surface area contributed by atoms with Crippen LogP contribution in [0.25, 0.3) is 0 Å². The van der Waals surface area contributed by atoms with Crippen LogP contribution in [-0.4, -0.2) is 11.8 Å². The summed E-state index contributed by atoms with van der Waals surface area (Å²) < 4.78 is 0. The summed E-state index contributed by atoms with van der Waals surface area (Å²) >= 11 is 6.05. The average molecular weight is 376 g/mol. The van der Waals surface area contributed by atoms with Crippen molar-refractivity contribution < 1.29 is 9.59 Å². The van der Waals surface area contributed by atoms with E-state index in [9.17, 15) is 9.59 Å². The number of amides is 2. The molecule has 0 heterocycles. The first-order chi connectivity index (χ1) is 13.1. The molecule has 2 N–H and O–H groups in total. The van der Waals surface area contributed by atoms with Gasteiger partial charge in [0, 0.05) is 16.8 Å². The molecule has 0 bridgehead atoms. The first-order valence-corrected chi connectivity index (χ1v) is 8.42. The third kappa shape index (κ3) is 4.51. The van der Waals surface area contributed by atoms with Crippen LogP contribution in [-0.2, 0) is 0 Å². The first-order valence-electron chi connectivity index (χ1n) is 8.04. The summed E-state index contributed by atoms with van der Waals surface area (Å²) in [5.74, 6) is -0.719. The summed E-state index contributed by atoms with van der Waals surface area (Å²) in [5, 5.41) is 14.7. The summed E-state index contributed by atoms with van der Waals surface area (Å²) in [6.07, 6.45) is 0. The van der Waals surface area contributed by atoms with Gasteiger partial charge in [0.15, 0.2) is 0 Å². The molecule has 0 radical (unpaired) electrons. The van der Waals surface area contributed by atoms with Gasteiger partial charge in [0.05, 0.1) is 22.3 Å². The highest BCUT2D eigenvalue weighted by Crippen LogP contribution is 2.21. The van der Waals surface area contributed by atoms with Crippen molar-refractivity contribution in [3.63, 3.8) is 0 Å². The van der Waals surface area contributed by atoms with E-state index in [1.54, 1.807) is 66.7 Å². The topological polar surface area (TPSA) is 82.0 Å². The van der Waals surface area contributed by atoms with Crippen LogP contribution in [0.1, 0.15) is 26.3 Å². The SMILES string of the molecule is N#Cc1ccc(NC(=O)c2cccc(C(=O)Nc3ccccc3Cl)c2)cc1. The van der Waals surface area contributed by atoms with E-state index in [1.165, 1.54) is 6.07 Å². The van der Waals surface area contributed by atoms with Crippen LogP contribution < -0.4 is 10.6 Å². The molecule has 3 rings (SSSR count). The quantitative estimate of drug-likeness (QED) is 0.692. The molecule has 0 saturated carbocycles. The van der Waals surface area contributed by atoms with Crippen LogP contribution in [0.2, 0.25) is 5.02 Å². The number of carbonyl (C=O) groups is 2. The molecule has 5 nitrogen and oxygen atoms in total. The predicted molar refractivity (Wildman–Crippen MR) is 105 cm³/mol. The maximum atomic E-state index is 12.4. The Labute approximate surface area is 161 Å². The van der Waals surface area contributed by atoms with Gasteiger partial charge in [-0.25, -0.2) is 0 Å². The van der Waals surface area contributed by atoms with E-state index >= 15 is 0 Å². The molecule has 0 aromatic heterocycles. The number of para-hydroxylation sites is 1. The summed E-state index contributed by atoms with van der Waals surface area (Å²) in [6, 6.07) is 21.8. The zero-order valence-corrected chi connectivity index (χ0v) is 14.8. The molecule has 27 heavy (non-hydrogen) atoms. The molecule has 6 heteroatoms. The van der Waals surface area contributed by atoms with Crippen molar-refractivity contribution in [2.24, 2.45) is 0 Å². The number of hydrogen-bond acceptors (Lipinski definition) is 3. The van der Waals surface area contributed by atoms with Crippen LogP contribution in [0.3, 0.4) is 0 Å². The first kappa shape index (κ1) is 18.2. The standard InChI is InChI=1S/C21H14ClN3O2/c22-18-6-1-2-7-19(18)25-21(27)16-5-3-4-15(12-16)20(26)24-17-10-8-14(13-23)9-11-17/h1-12H,(H,24,26)(H,25,27). The molecular weight excluding hydrogens is 362 g/mol. The molecule has 0 spiro atoms. The molecule has 0 aliphatic heterocycles. The Kier molecular flexibility index (Phi) is 5.50. The second kappa shape index (κ2) is 8.17. The van der Waals surface area contributed by atoms with Gasteiger partial charge in [-0.1, -0.05) is 29.8 Å². The van der Waals surface area contributed by atoms with Gasteiger partial charge in [-0.2, -0.15) is 5.26 Å². The van der Waals surface area contributed by atoms with Crippen molar-refractivity contribution in [3.05, 3.63) is 94.5 Å². The van der Waals surface area contributed by atoms with Gasteiger partial charge in [0.1, 0.15) is 0 Å². The molecule has 0 atom stereocenters. The molecule has 2 amide bonds. The second-order valence-electron chi connectivity index (χ2n) is 5.66. The van der Waals surface area contributed by atoms with E-state index in [0.29, 0.717) is 33.1 Å². The smallest absolute Gasteiger partial charge is 0.255 e. The van der Waals surface area contributed by atoms with Gasteiger partial charge in [-0.3, -0.25) is 9.59 Å². The van der Waals surface area contributed by atoms with Crippen molar-refractivity contribution in [2.75, 3.05) is 10.6 Å². The number of nitrogens with zero attached hydrogens (tertiary/aromatic N) is 1. The number of rotatable bonds is 4. The fourth-order valence-corrected chi connectivity index (χ4v) is 2.57. The highest BCUT2D eigenvalue weighted by atomic mass is 35.5. The third-order valence-electron chi connectivity index (χ3n) is 3.78. The number of hydrogen-bond donors (Lipinski definition) is 2. The van der Waals surface area contributed by atoms with Crippen molar-refractivity contribution in [1.29, 1.82) is 5.26 Å². The Hall–Kier alpha value is -3.62. The van der Waals surface area contributed by atoms with Crippen LogP contribution >= 0.6 is 11.6 Å². The molecule has 3 aromatic carbocycles. The van der Waals surface area contributed by atoms with E-state index in [2.05, 4.69) is 10.6 Å². The lowest BCUT2D eigenvalue weighted by molar-refractivity contribution is 0.102. The summed E-state index contributed by atoms with van der Waals surface area (Å²) in [7, 11) is 0. The minimum absolute atomic E-state index is 0.336. The Morgan fingerprint density at radius 1 is 0.815 bits per heavy atom. The van der Waals surface area contributed by atoms with Gasteiger partial charge in [-0.15, -0.1) is 0 Å². The van der Waals surface area contributed by atoms with Gasteiger partial charge in [-0.05, 0) is 54.6 Å². The van der Waals surface area contributed by atoms with Crippen molar-refractivity contribution in [1.82, 2.24) is 0 Å². The van der Waals surface area contributed by atoms with E-state index in [4.69, 9.17) is 16.9 Å². The number of nitriles is 1. The molecule has 0 aliphatic rings. The number of anilines is 2. The lowest BCUT2D eigenvalue weighted by atomic mass is 10.1. The minimum atomic E-state index is -0.365. The zero-order valence-electron chi connectivity index (χ0n) is 14.1. The third-order valence-corrected chi connectivity index (χ3v) is 4.11. The Bertz CT molecular complexity index is 1040. The lowest BCUT2D eigenvalue weighted by Crippen LogP contribution is -2.15. The maximum Gasteiger partial charge on any atom is 0.255 e. The fraction of sp³-hybridized carbons (Fsp3) is 0. The van der Waals surface area contributed by atoms with Crippen molar-refractivity contribution in [3.8, 4) is 6.07 Å². The number of nitrogens with one attached hydrogen (secondary N) is 2. The molecule has 3 aromatic rings. The molecule has 132 valence electrons. The maximum absolute atomic E-state index is 12.4. The largest absolute Gasteiger partial charge is 0.322 e. The molecular formula is C21H14ClN3O2. The highest BCUT2D eigenvalue weighted by Gasteiger charge is 2.12. The summed E-state index contributed by atoms with van der Waals surface area (Å²) in [6.45, 7) is 0. The van der Waals surface area contributed by atoms with Crippen molar-refractivity contribution in [2.45, 2.75) is 0 Å². The zero-order chi connectivity index (χ0) is 19.2. The normalized spacial score (nSPS) is 9.93. The lowest BCUT2D eigenvalue weighted by Gasteiger charge is -2.09.